The van der Waals surface area contributed by atoms with Crippen molar-refractivity contribution in [3.8, 4) is 0 Å². The molecule has 2 aliphatic heterocycles. The maximum absolute atomic E-state index is 12.8. The van der Waals surface area contributed by atoms with E-state index in [2.05, 4.69) is 36.1 Å². The standard InChI is InChI=1S/C17H19NO2/c1-10-9-18-16(19)13-7-6-11-8-15(13)17(18,20-10)14-5-3-2-4-12(11)14/h2-5,10-11,13,15H,6-9H2,1H3/t10-,11+,13-,15+,17-/m0/s1. The van der Waals surface area contributed by atoms with E-state index in [-0.39, 0.29) is 12.0 Å². The van der Waals surface area contributed by atoms with Gasteiger partial charge in [0.05, 0.1) is 6.10 Å². The fraction of sp³-hybridized carbons (Fsp3) is 0.588. The second-order valence-electron chi connectivity index (χ2n) is 6.88. The van der Waals surface area contributed by atoms with Crippen molar-refractivity contribution in [3.05, 3.63) is 35.4 Å². The first-order valence-electron chi connectivity index (χ1n) is 7.80. The van der Waals surface area contributed by atoms with Crippen LogP contribution in [0.2, 0.25) is 0 Å². The second kappa shape index (κ2) is 3.45. The molecule has 0 unspecified atom stereocenters. The van der Waals surface area contributed by atoms with Gasteiger partial charge in [-0.15, -0.1) is 0 Å². The van der Waals surface area contributed by atoms with Crippen molar-refractivity contribution in [2.24, 2.45) is 11.8 Å². The summed E-state index contributed by atoms with van der Waals surface area (Å²) in [5.41, 5.74) is 2.27. The van der Waals surface area contributed by atoms with Gasteiger partial charge in [-0.3, -0.25) is 4.79 Å². The number of rotatable bonds is 0. The highest BCUT2D eigenvalue weighted by molar-refractivity contribution is 5.84. The minimum atomic E-state index is -0.436. The highest BCUT2D eigenvalue weighted by atomic mass is 16.5. The molecule has 4 aliphatic rings. The van der Waals surface area contributed by atoms with Gasteiger partial charge in [-0.1, -0.05) is 24.3 Å². The first-order valence-corrected chi connectivity index (χ1v) is 7.80. The van der Waals surface area contributed by atoms with Crippen LogP contribution in [-0.4, -0.2) is 23.5 Å². The van der Waals surface area contributed by atoms with Crippen molar-refractivity contribution < 1.29 is 9.53 Å². The minimum Gasteiger partial charge on any atom is -0.346 e. The molecule has 3 heteroatoms. The Morgan fingerprint density at radius 2 is 2.15 bits per heavy atom. The Balaban J connectivity index is 1.81. The molecule has 3 nitrogen and oxygen atoms in total. The monoisotopic (exact) mass is 269 g/mol. The maximum Gasteiger partial charge on any atom is 0.228 e. The molecule has 20 heavy (non-hydrogen) atoms. The molecule has 5 rings (SSSR count). The summed E-state index contributed by atoms with van der Waals surface area (Å²) in [4.78, 5) is 14.9. The Labute approximate surface area is 118 Å². The summed E-state index contributed by atoms with van der Waals surface area (Å²) >= 11 is 0. The summed E-state index contributed by atoms with van der Waals surface area (Å²) in [5, 5.41) is 0. The molecule has 0 N–H and O–H groups in total. The van der Waals surface area contributed by atoms with Crippen molar-refractivity contribution in [1.29, 1.82) is 0 Å². The molecule has 2 heterocycles. The number of hydrogen-bond donors (Lipinski definition) is 0. The number of nitrogens with zero attached hydrogens (tertiary/aromatic N) is 1. The Kier molecular flexibility index (Phi) is 1.95. The molecule has 1 spiro atoms. The number of ether oxygens (including phenoxy) is 1. The SMILES string of the molecule is C[C@H]1CN2C(=O)[C@H]3CC[C@@H]4C[C@H]3[C@@]2(O1)c1ccccc14. The van der Waals surface area contributed by atoms with Gasteiger partial charge in [-0.2, -0.15) is 0 Å². The van der Waals surface area contributed by atoms with E-state index in [9.17, 15) is 4.79 Å². The highest BCUT2D eigenvalue weighted by Gasteiger charge is 2.67. The molecule has 2 bridgehead atoms. The first kappa shape index (κ1) is 11.3. The Morgan fingerprint density at radius 3 is 3.05 bits per heavy atom. The first-order chi connectivity index (χ1) is 9.72. The van der Waals surface area contributed by atoms with E-state index in [4.69, 9.17) is 4.74 Å². The third kappa shape index (κ3) is 1.07. The van der Waals surface area contributed by atoms with Crippen LogP contribution in [0.5, 0.6) is 0 Å². The molecule has 0 radical (unpaired) electrons. The van der Waals surface area contributed by atoms with E-state index in [1.165, 1.54) is 11.1 Å². The van der Waals surface area contributed by atoms with E-state index in [0.29, 0.717) is 17.7 Å². The summed E-state index contributed by atoms with van der Waals surface area (Å²) in [6, 6.07) is 8.66. The summed E-state index contributed by atoms with van der Waals surface area (Å²) in [5.74, 6) is 1.54. The quantitative estimate of drug-likeness (QED) is 0.724. The lowest BCUT2D eigenvalue weighted by Gasteiger charge is -2.46. The molecule has 1 aromatic carbocycles. The molecular weight excluding hydrogens is 250 g/mol. The number of hydrogen-bond acceptors (Lipinski definition) is 2. The van der Waals surface area contributed by atoms with Gasteiger partial charge < -0.3 is 9.64 Å². The van der Waals surface area contributed by atoms with Crippen LogP contribution in [0.1, 0.15) is 43.2 Å². The van der Waals surface area contributed by atoms with Crippen molar-refractivity contribution in [2.45, 2.75) is 43.9 Å². The molecule has 2 saturated heterocycles. The van der Waals surface area contributed by atoms with Crippen LogP contribution in [-0.2, 0) is 15.3 Å². The Hall–Kier alpha value is -1.35. The van der Waals surface area contributed by atoms with Crippen LogP contribution in [0.25, 0.3) is 0 Å². The van der Waals surface area contributed by atoms with Crippen LogP contribution in [0.4, 0.5) is 0 Å². The number of carbonyl (C=O) groups is 1. The average molecular weight is 269 g/mol. The Bertz CT molecular complexity index is 613. The van der Waals surface area contributed by atoms with Crippen LogP contribution in [0.15, 0.2) is 24.3 Å². The van der Waals surface area contributed by atoms with Gasteiger partial charge >= 0.3 is 0 Å². The van der Waals surface area contributed by atoms with Crippen LogP contribution < -0.4 is 0 Å². The lowest BCUT2D eigenvalue weighted by Crippen LogP contribution is -2.47. The van der Waals surface area contributed by atoms with Crippen molar-refractivity contribution in [1.82, 2.24) is 4.90 Å². The van der Waals surface area contributed by atoms with Crippen molar-refractivity contribution in [3.63, 3.8) is 0 Å². The number of amides is 1. The van der Waals surface area contributed by atoms with Crippen LogP contribution >= 0.6 is 0 Å². The van der Waals surface area contributed by atoms with Crippen molar-refractivity contribution >= 4 is 5.91 Å². The second-order valence-corrected chi connectivity index (χ2v) is 6.88. The summed E-state index contributed by atoms with van der Waals surface area (Å²) < 4.78 is 6.43. The van der Waals surface area contributed by atoms with Gasteiger partial charge in [0.1, 0.15) is 0 Å². The topological polar surface area (TPSA) is 29.5 Å². The molecular formula is C17H19NO2. The van der Waals surface area contributed by atoms with Gasteiger partial charge in [0.15, 0.2) is 5.72 Å². The lowest BCUT2D eigenvalue weighted by molar-refractivity contribution is -0.149. The number of benzene rings is 1. The van der Waals surface area contributed by atoms with Gasteiger partial charge in [0.2, 0.25) is 5.91 Å². The molecule has 0 aromatic heterocycles. The smallest absolute Gasteiger partial charge is 0.228 e. The predicted molar refractivity (Wildman–Crippen MR) is 74.0 cm³/mol. The van der Waals surface area contributed by atoms with E-state index >= 15 is 0 Å². The Morgan fingerprint density at radius 1 is 1.30 bits per heavy atom. The van der Waals surface area contributed by atoms with E-state index in [0.717, 1.165) is 25.8 Å². The average Bonchev–Trinajstić information content (AvgIpc) is 2.93. The summed E-state index contributed by atoms with van der Waals surface area (Å²) in [6.07, 6.45) is 3.46. The highest BCUT2D eigenvalue weighted by Crippen LogP contribution is 2.63. The molecule has 104 valence electrons. The van der Waals surface area contributed by atoms with E-state index < -0.39 is 5.72 Å². The predicted octanol–water partition coefficient (Wildman–Crippen LogP) is 2.61. The molecule has 1 amide bonds. The summed E-state index contributed by atoms with van der Waals surface area (Å²) in [7, 11) is 0. The molecule has 2 aliphatic carbocycles. The zero-order valence-electron chi connectivity index (χ0n) is 11.7. The zero-order valence-corrected chi connectivity index (χ0v) is 11.7. The third-order valence-corrected chi connectivity index (χ3v) is 5.94. The molecule has 3 fully saturated rings. The molecule has 1 aromatic rings. The summed E-state index contributed by atoms with van der Waals surface area (Å²) in [6.45, 7) is 2.84. The fourth-order valence-corrected chi connectivity index (χ4v) is 5.31. The normalized spacial score (nSPS) is 44.5. The van der Waals surface area contributed by atoms with Gasteiger partial charge in [0, 0.05) is 23.9 Å². The molecule has 5 atom stereocenters. The zero-order chi connectivity index (χ0) is 13.5. The lowest BCUT2D eigenvalue weighted by atomic mass is 9.63. The van der Waals surface area contributed by atoms with Crippen LogP contribution in [0, 0.1) is 11.8 Å². The van der Waals surface area contributed by atoms with Gasteiger partial charge in [0.25, 0.3) is 0 Å². The van der Waals surface area contributed by atoms with E-state index in [1.807, 2.05) is 0 Å². The molecule has 1 saturated carbocycles. The number of fused-ring (bicyclic) bond motifs is 3. The van der Waals surface area contributed by atoms with Gasteiger partial charge in [-0.05, 0) is 37.7 Å². The fourth-order valence-electron chi connectivity index (χ4n) is 5.31. The third-order valence-electron chi connectivity index (χ3n) is 5.94. The van der Waals surface area contributed by atoms with Gasteiger partial charge in [-0.25, -0.2) is 0 Å². The largest absolute Gasteiger partial charge is 0.346 e. The van der Waals surface area contributed by atoms with E-state index in [1.54, 1.807) is 0 Å². The van der Waals surface area contributed by atoms with Crippen LogP contribution in [0.3, 0.4) is 0 Å². The minimum absolute atomic E-state index is 0.145. The van der Waals surface area contributed by atoms with Crippen molar-refractivity contribution in [2.75, 3.05) is 6.54 Å². The maximum atomic E-state index is 12.8. The number of carbonyl (C=O) groups excluding carboxylic acids is 1.